The first-order chi connectivity index (χ1) is 8.40. The van der Waals surface area contributed by atoms with Gasteiger partial charge in [0.2, 0.25) is 10.0 Å². The Labute approximate surface area is 111 Å². The first-order valence-corrected chi connectivity index (χ1v) is 7.74. The second-order valence-corrected chi connectivity index (χ2v) is 6.83. The van der Waals surface area contributed by atoms with Gasteiger partial charge in [-0.25, -0.2) is 17.5 Å². The minimum absolute atomic E-state index is 0.0155. The minimum atomic E-state index is -3.70. The molecule has 0 aromatic heterocycles. The molecule has 0 spiro atoms. The van der Waals surface area contributed by atoms with Gasteiger partial charge in [-0.15, -0.1) is 11.6 Å². The predicted molar refractivity (Wildman–Crippen MR) is 68.7 cm³/mol. The molecule has 6 heteroatoms. The van der Waals surface area contributed by atoms with Crippen molar-refractivity contribution in [1.29, 1.82) is 0 Å². The lowest BCUT2D eigenvalue weighted by atomic mass is 10.2. The van der Waals surface area contributed by atoms with E-state index >= 15 is 0 Å². The van der Waals surface area contributed by atoms with Crippen LogP contribution >= 0.6 is 11.6 Å². The van der Waals surface area contributed by atoms with Crippen LogP contribution in [0.4, 0.5) is 4.39 Å². The Bertz CT molecular complexity index is 547. The molecule has 1 aliphatic rings. The summed E-state index contributed by atoms with van der Waals surface area (Å²) in [5.41, 5.74) is 0.521. The van der Waals surface area contributed by atoms with Crippen LogP contribution in [0, 0.1) is 12.7 Å². The lowest BCUT2D eigenvalue weighted by Gasteiger charge is -2.17. The molecule has 1 fully saturated rings. The second kappa shape index (κ2) is 5.15. The molecule has 2 atom stereocenters. The number of nitrogens with one attached hydrogen (secondary N) is 1. The summed E-state index contributed by atoms with van der Waals surface area (Å²) < 4.78 is 40.1. The average Bonchev–Trinajstić information content (AvgIpc) is 2.67. The molecule has 18 heavy (non-hydrogen) atoms. The number of sulfonamides is 1. The summed E-state index contributed by atoms with van der Waals surface area (Å²) in [4.78, 5) is -0.0155. The molecule has 0 heterocycles. The molecule has 0 aliphatic heterocycles. The van der Waals surface area contributed by atoms with E-state index in [2.05, 4.69) is 4.72 Å². The number of aryl methyl sites for hydroxylation is 1. The SMILES string of the molecule is Cc1ccc(F)cc1S(=O)(=O)NC1CCCC1Cl. The fourth-order valence-corrected chi connectivity index (χ4v) is 4.16. The van der Waals surface area contributed by atoms with Crippen LogP contribution in [-0.2, 0) is 10.0 Å². The van der Waals surface area contributed by atoms with Crippen molar-refractivity contribution < 1.29 is 12.8 Å². The van der Waals surface area contributed by atoms with E-state index in [-0.39, 0.29) is 16.3 Å². The predicted octanol–water partition coefficient (Wildman–Crippen LogP) is 2.57. The third-order valence-electron chi connectivity index (χ3n) is 3.18. The minimum Gasteiger partial charge on any atom is -0.207 e. The van der Waals surface area contributed by atoms with E-state index < -0.39 is 15.8 Å². The van der Waals surface area contributed by atoms with E-state index in [1.165, 1.54) is 12.1 Å². The van der Waals surface area contributed by atoms with Crippen molar-refractivity contribution in [3.8, 4) is 0 Å². The van der Waals surface area contributed by atoms with Crippen LogP contribution in [0.2, 0.25) is 0 Å². The van der Waals surface area contributed by atoms with Gasteiger partial charge in [0.05, 0.1) is 4.90 Å². The number of halogens is 2. The molecule has 0 amide bonds. The molecule has 3 nitrogen and oxygen atoms in total. The van der Waals surface area contributed by atoms with Gasteiger partial charge in [0.25, 0.3) is 0 Å². The van der Waals surface area contributed by atoms with Crippen LogP contribution in [0.1, 0.15) is 24.8 Å². The highest BCUT2D eigenvalue weighted by Gasteiger charge is 2.30. The van der Waals surface area contributed by atoms with Gasteiger partial charge in [-0.2, -0.15) is 0 Å². The van der Waals surface area contributed by atoms with Crippen LogP contribution < -0.4 is 4.72 Å². The maximum Gasteiger partial charge on any atom is 0.241 e. The maximum atomic E-state index is 13.1. The Kier molecular flexibility index (Phi) is 3.94. The summed E-state index contributed by atoms with van der Waals surface area (Å²) in [6.07, 6.45) is 2.43. The van der Waals surface area contributed by atoms with Gasteiger partial charge in [-0.3, -0.25) is 0 Å². The number of rotatable bonds is 3. The van der Waals surface area contributed by atoms with Gasteiger partial charge in [0.1, 0.15) is 5.82 Å². The summed E-state index contributed by atoms with van der Waals surface area (Å²) in [6.45, 7) is 1.64. The van der Waals surface area contributed by atoms with Crippen molar-refractivity contribution in [3.63, 3.8) is 0 Å². The Hall–Kier alpha value is -0.650. The summed E-state index contributed by atoms with van der Waals surface area (Å²) in [6, 6.07) is 3.47. The molecule has 100 valence electrons. The molecule has 0 bridgehead atoms. The van der Waals surface area contributed by atoms with Crippen LogP contribution in [0.5, 0.6) is 0 Å². The van der Waals surface area contributed by atoms with Crippen molar-refractivity contribution >= 4 is 21.6 Å². The normalized spacial score (nSPS) is 24.4. The van der Waals surface area contributed by atoms with Gasteiger partial charge in [-0.1, -0.05) is 12.5 Å². The Balaban J connectivity index is 2.28. The van der Waals surface area contributed by atoms with Crippen molar-refractivity contribution in [3.05, 3.63) is 29.6 Å². The molecule has 1 aliphatic carbocycles. The largest absolute Gasteiger partial charge is 0.241 e. The number of benzene rings is 1. The van der Waals surface area contributed by atoms with Gasteiger partial charge < -0.3 is 0 Å². The van der Waals surface area contributed by atoms with Crippen LogP contribution in [0.25, 0.3) is 0 Å². The molecule has 1 aromatic rings. The molecule has 1 N–H and O–H groups in total. The molecular formula is C12H15ClFNO2S. The number of hydrogen-bond acceptors (Lipinski definition) is 2. The van der Waals surface area contributed by atoms with Gasteiger partial charge in [0.15, 0.2) is 0 Å². The highest BCUT2D eigenvalue weighted by Crippen LogP contribution is 2.26. The summed E-state index contributed by atoms with van der Waals surface area (Å²) in [5, 5.41) is -0.186. The van der Waals surface area contributed by atoms with Gasteiger partial charge in [0, 0.05) is 11.4 Å². The zero-order valence-corrected chi connectivity index (χ0v) is 11.6. The van der Waals surface area contributed by atoms with Gasteiger partial charge in [-0.05, 0) is 37.5 Å². The highest BCUT2D eigenvalue weighted by atomic mass is 35.5. The molecule has 2 unspecified atom stereocenters. The molecule has 1 saturated carbocycles. The number of hydrogen-bond donors (Lipinski definition) is 1. The first kappa shape index (κ1) is 13.8. The van der Waals surface area contributed by atoms with E-state index in [1.807, 2.05) is 0 Å². The Morgan fingerprint density at radius 3 is 2.72 bits per heavy atom. The van der Waals surface area contributed by atoms with E-state index in [9.17, 15) is 12.8 Å². The molecule has 1 aromatic carbocycles. The number of alkyl halides is 1. The first-order valence-electron chi connectivity index (χ1n) is 5.83. The second-order valence-electron chi connectivity index (χ2n) is 4.58. The maximum absolute atomic E-state index is 13.1. The fourth-order valence-electron chi connectivity index (χ4n) is 2.17. The lowest BCUT2D eigenvalue weighted by Crippen LogP contribution is -2.38. The van der Waals surface area contributed by atoms with Crippen LogP contribution in [-0.4, -0.2) is 19.8 Å². The van der Waals surface area contributed by atoms with E-state index in [0.717, 1.165) is 25.3 Å². The van der Waals surface area contributed by atoms with Crippen LogP contribution in [0.15, 0.2) is 23.1 Å². The highest BCUT2D eigenvalue weighted by molar-refractivity contribution is 7.89. The van der Waals surface area contributed by atoms with Crippen molar-refractivity contribution in [2.24, 2.45) is 0 Å². The summed E-state index contributed by atoms with van der Waals surface area (Å²) in [5.74, 6) is -0.560. The van der Waals surface area contributed by atoms with E-state index in [1.54, 1.807) is 6.92 Å². The fraction of sp³-hybridized carbons (Fsp3) is 0.500. The quantitative estimate of drug-likeness (QED) is 0.870. The summed E-state index contributed by atoms with van der Waals surface area (Å²) >= 11 is 6.04. The van der Waals surface area contributed by atoms with E-state index in [4.69, 9.17) is 11.6 Å². The van der Waals surface area contributed by atoms with Crippen molar-refractivity contribution in [2.75, 3.05) is 0 Å². The summed E-state index contributed by atoms with van der Waals surface area (Å²) in [7, 11) is -3.70. The Morgan fingerprint density at radius 2 is 2.11 bits per heavy atom. The zero-order chi connectivity index (χ0) is 13.3. The average molecular weight is 292 g/mol. The lowest BCUT2D eigenvalue weighted by molar-refractivity contribution is 0.551. The smallest absolute Gasteiger partial charge is 0.207 e. The Morgan fingerprint density at radius 1 is 1.39 bits per heavy atom. The molecule has 0 saturated heterocycles. The molecule has 0 radical (unpaired) electrons. The van der Waals surface area contributed by atoms with E-state index in [0.29, 0.717) is 5.56 Å². The van der Waals surface area contributed by atoms with Crippen molar-refractivity contribution in [2.45, 2.75) is 42.5 Å². The zero-order valence-electron chi connectivity index (χ0n) is 9.99. The topological polar surface area (TPSA) is 46.2 Å². The van der Waals surface area contributed by atoms with Gasteiger partial charge >= 0.3 is 0 Å². The third kappa shape index (κ3) is 2.84. The van der Waals surface area contributed by atoms with Crippen LogP contribution in [0.3, 0.4) is 0 Å². The third-order valence-corrected chi connectivity index (χ3v) is 5.33. The monoisotopic (exact) mass is 291 g/mol. The molecular weight excluding hydrogens is 277 g/mol. The van der Waals surface area contributed by atoms with Crippen molar-refractivity contribution in [1.82, 2.24) is 4.72 Å². The molecule has 2 rings (SSSR count). The standard InChI is InChI=1S/C12H15ClFNO2S/c1-8-5-6-9(14)7-12(8)18(16,17)15-11-4-2-3-10(11)13/h5-7,10-11,15H,2-4H2,1H3.